The van der Waals surface area contributed by atoms with E-state index in [4.69, 9.17) is 0 Å². The van der Waals surface area contributed by atoms with Crippen molar-refractivity contribution in [3.05, 3.63) is 26.7 Å². The SMILES string of the molecule is CCCn1c(CC)nc2[nH]c(=O)[nH]c(=O)c21. The Bertz CT molecular complexity index is 620. The molecule has 0 aliphatic carbocycles. The van der Waals surface area contributed by atoms with Gasteiger partial charge in [0.25, 0.3) is 5.56 Å². The van der Waals surface area contributed by atoms with Crippen molar-refractivity contribution in [1.29, 1.82) is 0 Å². The van der Waals surface area contributed by atoms with E-state index in [9.17, 15) is 9.59 Å². The maximum Gasteiger partial charge on any atom is 0.327 e. The molecule has 0 amide bonds. The van der Waals surface area contributed by atoms with Gasteiger partial charge in [-0.1, -0.05) is 13.8 Å². The molecule has 0 radical (unpaired) electrons. The molecule has 0 unspecified atom stereocenters. The van der Waals surface area contributed by atoms with Gasteiger partial charge in [0.2, 0.25) is 0 Å². The van der Waals surface area contributed by atoms with E-state index in [1.807, 2.05) is 18.4 Å². The molecule has 16 heavy (non-hydrogen) atoms. The molecular formula is C10H14N4O2. The molecule has 0 aliphatic heterocycles. The zero-order valence-corrected chi connectivity index (χ0v) is 9.33. The van der Waals surface area contributed by atoms with Crippen LogP contribution in [0.4, 0.5) is 0 Å². The number of H-pyrrole nitrogens is 2. The van der Waals surface area contributed by atoms with Gasteiger partial charge in [-0.05, 0) is 6.42 Å². The van der Waals surface area contributed by atoms with E-state index in [0.29, 0.717) is 11.2 Å². The Kier molecular flexibility index (Phi) is 2.64. The molecule has 2 aromatic rings. The smallest absolute Gasteiger partial charge is 0.322 e. The molecule has 2 aromatic heterocycles. The van der Waals surface area contributed by atoms with Crippen LogP contribution in [0.1, 0.15) is 26.1 Å². The van der Waals surface area contributed by atoms with Crippen LogP contribution in [0.3, 0.4) is 0 Å². The molecule has 0 bridgehead atoms. The Balaban J connectivity index is 2.84. The second kappa shape index (κ2) is 3.96. The Morgan fingerprint density at radius 1 is 1.25 bits per heavy atom. The third kappa shape index (κ3) is 1.56. The molecule has 0 saturated carbocycles. The minimum atomic E-state index is -0.513. The Morgan fingerprint density at radius 2 is 2.00 bits per heavy atom. The highest BCUT2D eigenvalue weighted by Gasteiger charge is 2.12. The number of aryl methyl sites for hydroxylation is 2. The van der Waals surface area contributed by atoms with Crippen molar-refractivity contribution < 1.29 is 0 Å². The monoisotopic (exact) mass is 222 g/mol. The molecule has 6 nitrogen and oxygen atoms in total. The number of aromatic amines is 2. The van der Waals surface area contributed by atoms with Crippen LogP contribution in [0.5, 0.6) is 0 Å². The topological polar surface area (TPSA) is 83.5 Å². The van der Waals surface area contributed by atoms with Crippen molar-refractivity contribution in [3.63, 3.8) is 0 Å². The Hall–Kier alpha value is -1.85. The lowest BCUT2D eigenvalue weighted by Gasteiger charge is -2.04. The largest absolute Gasteiger partial charge is 0.327 e. The average Bonchev–Trinajstić information content (AvgIpc) is 2.57. The van der Waals surface area contributed by atoms with Crippen molar-refractivity contribution >= 4 is 11.2 Å². The van der Waals surface area contributed by atoms with Gasteiger partial charge in [0.15, 0.2) is 11.2 Å². The number of imidazole rings is 1. The molecule has 0 atom stereocenters. The van der Waals surface area contributed by atoms with E-state index >= 15 is 0 Å². The van der Waals surface area contributed by atoms with E-state index in [0.717, 1.165) is 25.2 Å². The van der Waals surface area contributed by atoms with Gasteiger partial charge in [0.1, 0.15) is 5.82 Å². The number of aromatic nitrogens is 4. The van der Waals surface area contributed by atoms with Gasteiger partial charge >= 0.3 is 5.69 Å². The molecule has 0 aliphatic rings. The van der Waals surface area contributed by atoms with E-state index in [1.54, 1.807) is 0 Å². The normalized spacial score (nSPS) is 11.1. The summed E-state index contributed by atoms with van der Waals surface area (Å²) >= 11 is 0. The van der Waals surface area contributed by atoms with Crippen LogP contribution in [0.2, 0.25) is 0 Å². The number of rotatable bonds is 3. The van der Waals surface area contributed by atoms with Gasteiger partial charge in [-0.25, -0.2) is 9.78 Å². The van der Waals surface area contributed by atoms with E-state index in [1.165, 1.54) is 0 Å². The van der Waals surface area contributed by atoms with Crippen molar-refractivity contribution in [2.45, 2.75) is 33.2 Å². The second-order valence-electron chi connectivity index (χ2n) is 3.64. The molecule has 0 aromatic carbocycles. The molecule has 6 heteroatoms. The second-order valence-corrected chi connectivity index (χ2v) is 3.64. The van der Waals surface area contributed by atoms with Crippen LogP contribution in [-0.2, 0) is 13.0 Å². The van der Waals surface area contributed by atoms with Gasteiger partial charge < -0.3 is 4.57 Å². The summed E-state index contributed by atoms with van der Waals surface area (Å²) in [6.07, 6.45) is 1.65. The summed E-state index contributed by atoms with van der Waals surface area (Å²) in [6, 6.07) is 0. The molecular weight excluding hydrogens is 208 g/mol. The van der Waals surface area contributed by atoms with Gasteiger partial charge in [0.05, 0.1) is 0 Å². The molecule has 0 saturated heterocycles. The van der Waals surface area contributed by atoms with Crippen LogP contribution in [0.25, 0.3) is 11.2 Å². The lowest BCUT2D eigenvalue weighted by molar-refractivity contribution is 0.657. The van der Waals surface area contributed by atoms with Crippen LogP contribution < -0.4 is 11.2 Å². The van der Waals surface area contributed by atoms with Crippen LogP contribution in [0.15, 0.2) is 9.59 Å². The van der Waals surface area contributed by atoms with Crippen molar-refractivity contribution in [1.82, 2.24) is 19.5 Å². The van der Waals surface area contributed by atoms with Gasteiger partial charge in [-0.2, -0.15) is 0 Å². The van der Waals surface area contributed by atoms with Gasteiger partial charge in [0, 0.05) is 13.0 Å². The average molecular weight is 222 g/mol. The number of hydrogen-bond acceptors (Lipinski definition) is 3. The minimum Gasteiger partial charge on any atom is -0.322 e. The fourth-order valence-corrected chi connectivity index (χ4v) is 1.85. The molecule has 0 spiro atoms. The van der Waals surface area contributed by atoms with E-state index in [-0.39, 0.29) is 5.56 Å². The summed E-state index contributed by atoms with van der Waals surface area (Å²) in [5.41, 5.74) is -0.0574. The molecule has 86 valence electrons. The fourth-order valence-electron chi connectivity index (χ4n) is 1.85. The maximum atomic E-state index is 11.7. The fraction of sp³-hybridized carbons (Fsp3) is 0.500. The van der Waals surface area contributed by atoms with E-state index in [2.05, 4.69) is 15.0 Å². The summed E-state index contributed by atoms with van der Waals surface area (Å²) in [7, 11) is 0. The van der Waals surface area contributed by atoms with E-state index < -0.39 is 5.69 Å². The zero-order valence-electron chi connectivity index (χ0n) is 9.33. The van der Waals surface area contributed by atoms with Crippen LogP contribution in [-0.4, -0.2) is 19.5 Å². The number of fused-ring (bicyclic) bond motifs is 1. The standard InChI is InChI=1S/C10H14N4O2/c1-3-5-14-6(4-2)11-8-7(14)9(15)13-10(16)12-8/h3-5H2,1-2H3,(H2,12,13,15,16). The first kappa shape index (κ1) is 10.7. The first-order chi connectivity index (χ1) is 7.67. The lowest BCUT2D eigenvalue weighted by atomic mass is 10.4. The highest BCUT2D eigenvalue weighted by atomic mass is 16.2. The third-order valence-electron chi connectivity index (χ3n) is 2.48. The lowest BCUT2D eigenvalue weighted by Crippen LogP contribution is -2.23. The van der Waals surface area contributed by atoms with Crippen LogP contribution >= 0.6 is 0 Å². The molecule has 0 fully saturated rings. The number of nitrogens with one attached hydrogen (secondary N) is 2. The van der Waals surface area contributed by atoms with Crippen LogP contribution in [0, 0.1) is 0 Å². The predicted molar refractivity (Wildman–Crippen MR) is 60.6 cm³/mol. The third-order valence-corrected chi connectivity index (χ3v) is 2.48. The maximum absolute atomic E-state index is 11.7. The Morgan fingerprint density at radius 3 is 2.62 bits per heavy atom. The summed E-state index contributed by atoms with van der Waals surface area (Å²) in [4.78, 5) is 31.8. The minimum absolute atomic E-state index is 0.374. The summed E-state index contributed by atoms with van der Waals surface area (Å²) in [5.74, 6) is 0.823. The first-order valence-corrected chi connectivity index (χ1v) is 5.39. The van der Waals surface area contributed by atoms with Crippen molar-refractivity contribution in [2.75, 3.05) is 0 Å². The van der Waals surface area contributed by atoms with Gasteiger partial charge in [-0.3, -0.25) is 14.8 Å². The predicted octanol–water partition coefficient (Wildman–Crippen LogP) is 0.385. The van der Waals surface area contributed by atoms with Gasteiger partial charge in [-0.15, -0.1) is 0 Å². The Labute approximate surface area is 91.3 Å². The number of hydrogen-bond donors (Lipinski definition) is 2. The van der Waals surface area contributed by atoms with Crippen molar-refractivity contribution in [2.24, 2.45) is 0 Å². The summed E-state index contributed by atoms with van der Waals surface area (Å²) < 4.78 is 1.87. The molecule has 2 heterocycles. The first-order valence-electron chi connectivity index (χ1n) is 5.39. The molecule has 2 N–H and O–H groups in total. The highest BCUT2D eigenvalue weighted by Crippen LogP contribution is 2.10. The highest BCUT2D eigenvalue weighted by molar-refractivity contribution is 5.69. The molecule has 2 rings (SSSR count). The summed E-state index contributed by atoms with van der Waals surface area (Å²) in [6.45, 7) is 4.74. The van der Waals surface area contributed by atoms with Crippen molar-refractivity contribution in [3.8, 4) is 0 Å². The zero-order chi connectivity index (χ0) is 11.7. The summed E-state index contributed by atoms with van der Waals surface area (Å²) in [5, 5.41) is 0. The number of nitrogens with zero attached hydrogens (tertiary/aromatic N) is 2. The quantitative estimate of drug-likeness (QED) is 0.787.